The van der Waals surface area contributed by atoms with Crippen LogP contribution in [0.4, 0.5) is 0 Å². The summed E-state index contributed by atoms with van der Waals surface area (Å²) in [5.41, 5.74) is 7.50. The Morgan fingerprint density at radius 2 is 1.86 bits per heavy atom. The molecule has 1 aliphatic carbocycles. The summed E-state index contributed by atoms with van der Waals surface area (Å²) in [6.45, 7) is 2.15. The van der Waals surface area contributed by atoms with Crippen LogP contribution in [0.15, 0.2) is 48.5 Å². The van der Waals surface area contributed by atoms with Gasteiger partial charge in [0.1, 0.15) is 5.75 Å². The largest absolute Gasteiger partial charge is 0.492 e. The van der Waals surface area contributed by atoms with E-state index >= 15 is 0 Å². The van der Waals surface area contributed by atoms with Crippen LogP contribution in [-0.2, 0) is 11.2 Å². The van der Waals surface area contributed by atoms with Crippen LogP contribution in [-0.4, -0.2) is 23.7 Å². The first-order chi connectivity index (χ1) is 13.5. The molecule has 0 radical (unpaired) electrons. The van der Waals surface area contributed by atoms with Crippen LogP contribution < -0.4 is 10.5 Å². The van der Waals surface area contributed by atoms with E-state index in [1.807, 2.05) is 30.3 Å². The highest BCUT2D eigenvalue weighted by molar-refractivity contribution is 6.32. The van der Waals surface area contributed by atoms with Crippen molar-refractivity contribution in [2.24, 2.45) is 5.73 Å². The quantitative estimate of drug-likeness (QED) is 0.674. The third kappa shape index (κ3) is 7.53. The van der Waals surface area contributed by atoms with Crippen LogP contribution in [0.3, 0.4) is 0 Å². The SMILES string of the molecule is CC(C(=O)O)c1ccc(OCCc2ccccc2)c(Cl)c1.NC1CCCCC1. The molecule has 2 aromatic rings. The molecule has 3 N–H and O–H groups in total. The minimum absolute atomic E-state index is 0.439. The van der Waals surface area contributed by atoms with Gasteiger partial charge in [-0.25, -0.2) is 0 Å². The molecule has 5 heteroatoms. The number of hydrogen-bond donors (Lipinski definition) is 2. The third-order valence-corrected chi connectivity index (χ3v) is 5.26. The van der Waals surface area contributed by atoms with E-state index < -0.39 is 11.9 Å². The van der Waals surface area contributed by atoms with Crippen LogP contribution in [0.25, 0.3) is 0 Å². The van der Waals surface area contributed by atoms with Crippen molar-refractivity contribution < 1.29 is 14.6 Å². The van der Waals surface area contributed by atoms with Crippen molar-refractivity contribution in [3.8, 4) is 5.75 Å². The fraction of sp³-hybridized carbons (Fsp3) is 0.435. The van der Waals surface area contributed by atoms with Gasteiger partial charge in [0.05, 0.1) is 17.5 Å². The van der Waals surface area contributed by atoms with Crippen molar-refractivity contribution in [2.75, 3.05) is 6.61 Å². The van der Waals surface area contributed by atoms with Gasteiger partial charge in [0.2, 0.25) is 0 Å². The first kappa shape index (κ1) is 22.3. The van der Waals surface area contributed by atoms with Crippen molar-refractivity contribution in [2.45, 2.75) is 57.4 Å². The van der Waals surface area contributed by atoms with Gasteiger partial charge in [-0.1, -0.05) is 67.3 Å². The average Bonchev–Trinajstić information content (AvgIpc) is 2.70. The number of carbonyl (C=O) groups is 1. The van der Waals surface area contributed by atoms with Crippen LogP contribution in [0.1, 0.15) is 56.1 Å². The van der Waals surface area contributed by atoms with E-state index in [9.17, 15) is 4.79 Å². The molecule has 1 saturated carbocycles. The Morgan fingerprint density at radius 1 is 1.18 bits per heavy atom. The second-order valence-electron chi connectivity index (χ2n) is 7.23. The van der Waals surface area contributed by atoms with Crippen LogP contribution in [0.2, 0.25) is 5.02 Å². The zero-order valence-electron chi connectivity index (χ0n) is 16.4. The zero-order valence-corrected chi connectivity index (χ0v) is 17.2. The Hall–Kier alpha value is -2.04. The second kappa shape index (κ2) is 11.7. The lowest BCUT2D eigenvalue weighted by molar-refractivity contribution is -0.138. The van der Waals surface area contributed by atoms with Gasteiger partial charge in [-0.3, -0.25) is 4.79 Å². The molecule has 2 aromatic carbocycles. The fourth-order valence-electron chi connectivity index (χ4n) is 3.10. The molecular formula is C23H30ClNO3. The lowest BCUT2D eigenvalue weighted by Crippen LogP contribution is -2.22. The molecular weight excluding hydrogens is 374 g/mol. The molecule has 3 rings (SSSR count). The molecule has 0 heterocycles. The smallest absolute Gasteiger partial charge is 0.310 e. The van der Waals surface area contributed by atoms with Crippen molar-refractivity contribution in [1.82, 2.24) is 0 Å². The normalized spacial score (nSPS) is 15.2. The lowest BCUT2D eigenvalue weighted by atomic mass is 9.97. The molecule has 152 valence electrons. The maximum absolute atomic E-state index is 11.0. The van der Waals surface area contributed by atoms with Crippen LogP contribution in [0, 0.1) is 0 Å². The first-order valence-electron chi connectivity index (χ1n) is 9.92. The molecule has 1 aliphatic rings. The molecule has 4 nitrogen and oxygen atoms in total. The highest BCUT2D eigenvalue weighted by Gasteiger charge is 2.15. The number of rotatable bonds is 6. The van der Waals surface area contributed by atoms with Gasteiger partial charge in [0.15, 0.2) is 0 Å². The molecule has 0 aliphatic heterocycles. The van der Waals surface area contributed by atoms with Crippen molar-refractivity contribution in [1.29, 1.82) is 0 Å². The van der Waals surface area contributed by atoms with Gasteiger partial charge in [-0.05, 0) is 43.0 Å². The van der Waals surface area contributed by atoms with Crippen molar-refractivity contribution >= 4 is 17.6 Å². The maximum Gasteiger partial charge on any atom is 0.310 e. The highest BCUT2D eigenvalue weighted by Crippen LogP contribution is 2.28. The van der Waals surface area contributed by atoms with Gasteiger partial charge in [-0.15, -0.1) is 0 Å². The molecule has 0 saturated heterocycles. The number of halogens is 1. The Bertz CT molecular complexity index is 730. The maximum atomic E-state index is 11.0. The van der Waals surface area contributed by atoms with E-state index in [1.54, 1.807) is 25.1 Å². The number of carboxylic acid groups (broad SMARTS) is 1. The summed E-state index contributed by atoms with van der Waals surface area (Å²) in [7, 11) is 0. The van der Waals surface area contributed by atoms with Gasteiger partial charge < -0.3 is 15.6 Å². The van der Waals surface area contributed by atoms with Crippen LogP contribution >= 0.6 is 11.6 Å². The summed E-state index contributed by atoms with van der Waals surface area (Å²) in [6.07, 6.45) is 7.46. The number of hydrogen-bond acceptors (Lipinski definition) is 3. The summed E-state index contributed by atoms with van der Waals surface area (Å²) in [6, 6.07) is 15.7. The number of carboxylic acids is 1. The molecule has 0 bridgehead atoms. The topological polar surface area (TPSA) is 72.5 Å². The number of aliphatic carboxylic acids is 1. The number of nitrogens with two attached hydrogens (primary N) is 1. The van der Waals surface area contributed by atoms with E-state index in [0.717, 1.165) is 6.42 Å². The Morgan fingerprint density at radius 3 is 2.39 bits per heavy atom. The minimum atomic E-state index is -0.871. The fourth-order valence-corrected chi connectivity index (χ4v) is 3.35. The van der Waals surface area contributed by atoms with E-state index in [2.05, 4.69) is 0 Å². The van der Waals surface area contributed by atoms with E-state index in [4.69, 9.17) is 27.2 Å². The minimum Gasteiger partial charge on any atom is -0.492 e. The Kier molecular flexibility index (Phi) is 9.32. The predicted molar refractivity (Wildman–Crippen MR) is 114 cm³/mol. The summed E-state index contributed by atoms with van der Waals surface area (Å²) in [5.74, 6) is -0.876. The van der Waals surface area contributed by atoms with E-state index in [1.165, 1.54) is 37.7 Å². The van der Waals surface area contributed by atoms with Crippen molar-refractivity contribution in [3.63, 3.8) is 0 Å². The summed E-state index contributed by atoms with van der Waals surface area (Å²) in [4.78, 5) is 11.0. The second-order valence-corrected chi connectivity index (χ2v) is 7.64. The average molecular weight is 404 g/mol. The van der Waals surface area contributed by atoms with Gasteiger partial charge >= 0.3 is 5.97 Å². The van der Waals surface area contributed by atoms with E-state index in [0.29, 0.717) is 29.0 Å². The summed E-state index contributed by atoms with van der Waals surface area (Å²) in [5, 5.41) is 9.43. The third-order valence-electron chi connectivity index (χ3n) is 4.97. The monoisotopic (exact) mass is 403 g/mol. The standard InChI is InChI=1S/C17H17ClO3.C6H13N/c1-12(17(19)20)14-7-8-16(15(18)11-14)21-10-9-13-5-3-2-4-6-13;7-6-4-2-1-3-5-6/h2-8,11-12H,9-10H2,1H3,(H,19,20);6H,1-5,7H2. The molecule has 1 fully saturated rings. The van der Waals surface area contributed by atoms with E-state index in [-0.39, 0.29) is 0 Å². The number of benzene rings is 2. The predicted octanol–water partition coefficient (Wildman–Crippen LogP) is 5.43. The van der Waals surface area contributed by atoms with Gasteiger partial charge in [-0.2, -0.15) is 0 Å². The molecule has 1 unspecified atom stereocenters. The lowest BCUT2D eigenvalue weighted by Gasteiger charge is -2.15. The molecule has 28 heavy (non-hydrogen) atoms. The molecule has 0 spiro atoms. The Labute approximate surface area is 172 Å². The zero-order chi connectivity index (χ0) is 20.4. The first-order valence-corrected chi connectivity index (χ1v) is 10.3. The molecule has 1 atom stereocenters. The molecule has 0 amide bonds. The summed E-state index contributed by atoms with van der Waals surface area (Å²) < 4.78 is 5.66. The highest BCUT2D eigenvalue weighted by atomic mass is 35.5. The summed E-state index contributed by atoms with van der Waals surface area (Å²) >= 11 is 6.14. The van der Waals surface area contributed by atoms with Crippen LogP contribution in [0.5, 0.6) is 5.75 Å². The molecule has 0 aromatic heterocycles. The van der Waals surface area contributed by atoms with Gasteiger partial charge in [0, 0.05) is 12.5 Å². The number of ether oxygens (including phenoxy) is 1. The van der Waals surface area contributed by atoms with Gasteiger partial charge in [0.25, 0.3) is 0 Å². The Balaban J connectivity index is 0.000000336. The van der Waals surface area contributed by atoms with Crippen molar-refractivity contribution in [3.05, 3.63) is 64.7 Å².